The Balaban J connectivity index is 2.02. The number of aromatic amines is 1. The predicted octanol–water partition coefficient (Wildman–Crippen LogP) is 3.59. The molecule has 0 amide bonds. The molecular weight excluding hydrogens is 288 g/mol. The van der Waals surface area contributed by atoms with Crippen LogP contribution in [0.15, 0.2) is 42.6 Å². The number of nitrogens with one attached hydrogen (secondary N) is 1. The van der Waals surface area contributed by atoms with Crippen LogP contribution < -0.4 is 0 Å². The number of aromatic nitrogens is 2. The molecule has 0 unspecified atom stereocenters. The molecule has 0 aliphatic carbocycles. The maximum atomic E-state index is 11.8. The molecule has 5 heteroatoms. The summed E-state index contributed by atoms with van der Waals surface area (Å²) in [5, 5.41) is 0.720. The van der Waals surface area contributed by atoms with E-state index in [-0.39, 0.29) is 5.97 Å². The maximum Gasteiger partial charge on any atom is 0.340 e. The van der Waals surface area contributed by atoms with E-state index in [1.807, 2.05) is 30.3 Å². The van der Waals surface area contributed by atoms with Crippen LogP contribution >= 0.6 is 11.6 Å². The number of fused-ring (bicyclic) bond motifs is 1. The molecule has 2 heterocycles. The number of rotatable bonds is 3. The molecule has 3 aromatic rings. The van der Waals surface area contributed by atoms with E-state index in [1.165, 1.54) is 7.11 Å². The minimum Gasteiger partial charge on any atom is -0.465 e. The molecule has 1 aromatic carbocycles. The minimum absolute atomic E-state index is 0.381. The summed E-state index contributed by atoms with van der Waals surface area (Å²) in [6, 6.07) is 11.2. The Hall–Kier alpha value is -2.33. The molecule has 4 nitrogen and oxygen atoms in total. The fourth-order valence-corrected chi connectivity index (χ4v) is 2.51. The van der Waals surface area contributed by atoms with Gasteiger partial charge in [-0.1, -0.05) is 29.8 Å². The molecule has 0 radical (unpaired) electrons. The van der Waals surface area contributed by atoms with E-state index in [9.17, 15) is 4.79 Å². The van der Waals surface area contributed by atoms with Crippen LogP contribution in [-0.4, -0.2) is 23.0 Å². The third kappa shape index (κ3) is 2.62. The van der Waals surface area contributed by atoms with Gasteiger partial charge in [0.1, 0.15) is 0 Å². The van der Waals surface area contributed by atoms with E-state index in [2.05, 4.69) is 9.97 Å². The van der Waals surface area contributed by atoms with Gasteiger partial charge in [-0.25, -0.2) is 4.79 Å². The number of nitrogens with zero attached hydrogens (tertiary/aromatic N) is 1. The summed E-state index contributed by atoms with van der Waals surface area (Å²) in [4.78, 5) is 19.3. The number of hydrogen-bond acceptors (Lipinski definition) is 3. The third-order valence-corrected chi connectivity index (χ3v) is 3.69. The highest BCUT2D eigenvalue weighted by atomic mass is 35.5. The monoisotopic (exact) mass is 300 g/mol. The SMILES string of the molecule is COC(=O)c1ccnc2cc(Cc3ccccc3Cl)[nH]c12. The summed E-state index contributed by atoms with van der Waals surface area (Å²) in [6.45, 7) is 0. The number of halogens is 1. The number of H-pyrrole nitrogens is 1. The van der Waals surface area contributed by atoms with Crippen molar-refractivity contribution < 1.29 is 9.53 Å². The number of benzene rings is 1. The number of carbonyl (C=O) groups is 1. The normalized spacial score (nSPS) is 10.8. The molecule has 0 spiro atoms. The van der Waals surface area contributed by atoms with Crippen LogP contribution in [0.5, 0.6) is 0 Å². The number of methoxy groups -OCH3 is 1. The average Bonchev–Trinajstić information content (AvgIpc) is 2.91. The second-order valence-corrected chi connectivity index (χ2v) is 5.08. The van der Waals surface area contributed by atoms with Crippen molar-refractivity contribution in [3.63, 3.8) is 0 Å². The van der Waals surface area contributed by atoms with E-state index < -0.39 is 0 Å². The van der Waals surface area contributed by atoms with Gasteiger partial charge in [0.2, 0.25) is 0 Å². The van der Waals surface area contributed by atoms with Crippen molar-refractivity contribution in [2.45, 2.75) is 6.42 Å². The van der Waals surface area contributed by atoms with Crippen LogP contribution in [0.2, 0.25) is 5.02 Å². The highest BCUT2D eigenvalue weighted by Crippen LogP contribution is 2.22. The van der Waals surface area contributed by atoms with Crippen molar-refractivity contribution in [1.82, 2.24) is 9.97 Å². The number of carbonyl (C=O) groups excluding carboxylic acids is 1. The quantitative estimate of drug-likeness (QED) is 0.752. The van der Waals surface area contributed by atoms with Gasteiger partial charge in [0.25, 0.3) is 0 Å². The molecule has 0 saturated carbocycles. The molecule has 106 valence electrons. The van der Waals surface area contributed by atoms with Crippen LogP contribution in [0.1, 0.15) is 21.6 Å². The van der Waals surface area contributed by atoms with E-state index >= 15 is 0 Å². The number of ether oxygens (including phenoxy) is 1. The summed E-state index contributed by atoms with van der Waals surface area (Å²) in [7, 11) is 1.36. The lowest BCUT2D eigenvalue weighted by atomic mass is 10.1. The highest BCUT2D eigenvalue weighted by molar-refractivity contribution is 6.31. The molecule has 0 aliphatic rings. The minimum atomic E-state index is -0.381. The standard InChI is InChI=1S/C16H13ClN2O2/c1-21-16(20)12-6-7-18-14-9-11(19-15(12)14)8-10-4-2-3-5-13(10)17/h2-7,9,19H,8H2,1H3. The van der Waals surface area contributed by atoms with Crippen LogP contribution in [0.4, 0.5) is 0 Å². The van der Waals surface area contributed by atoms with Crippen molar-refractivity contribution in [2.24, 2.45) is 0 Å². The van der Waals surface area contributed by atoms with Crippen molar-refractivity contribution in [3.8, 4) is 0 Å². The first kappa shape index (κ1) is 13.6. The fraction of sp³-hybridized carbons (Fsp3) is 0.125. The molecule has 0 saturated heterocycles. The van der Waals surface area contributed by atoms with Crippen LogP contribution in [0.25, 0.3) is 11.0 Å². The van der Waals surface area contributed by atoms with Gasteiger partial charge in [-0.05, 0) is 23.8 Å². The molecule has 21 heavy (non-hydrogen) atoms. The topological polar surface area (TPSA) is 55.0 Å². The molecule has 0 bridgehead atoms. The Morgan fingerprint density at radius 1 is 1.33 bits per heavy atom. The first-order valence-corrected chi connectivity index (χ1v) is 6.85. The molecule has 0 fully saturated rings. The van der Waals surface area contributed by atoms with Gasteiger partial charge < -0.3 is 9.72 Å². The zero-order valence-electron chi connectivity index (χ0n) is 11.4. The van der Waals surface area contributed by atoms with Crippen LogP contribution in [0.3, 0.4) is 0 Å². The largest absolute Gasteiger partial charge is 0.465 e. The summed E-state index contributed by atoms with van der Waals surface area (Å²) in [5.74, 6) is -0.381. The summed E-state index contributed by atoms with van der Waals surface area (Å²) < 4.78 is 4.78. The molecule has 0 atom stereocenters. The first-order valence-electron chi connectivity index (χ1n) is 6.47. The van der Waals surface area contributed by atoms with Gasteiger partial charge in [-0.15, -0.1) is 0 Å². The van der Waals surface area contributed by atoms with Gasteiger partial charge in [0, 0.05) is 23.3 Å². The second-order valence-electron chi connectivity index (χ2n) is 4.67. The van der Waals surface area contributed by atoms with Gasteiger partial charge in [-0.2, -0.15) is 0 Å². The molecule has 3 rings (SSSR count). The van der Waals surface area contributed by atoms with Crippen LogP contribution in [0, 0.1) is 0 Å². The lowest BCUT2D eigenvalue weighted by Crippen LogP contribution is -2.02. The predicted molar refractivity (Wildman–Crippen MR) is 81.7 cm³/mol. The number of pyridine rings is 1. The summed E-state index contributed by atoms with van der Waals surface area (Å²) >= 11 is 6.17. The fourth-order valence-electron chi connectivity index (χ4n) is 2.30. The summed E-state index contributed by atoms with van der Waals surface area (Å²) in [6.07, 6.45) is 2.25. The van der Waals surface area contributed by atoms with E-state index in [0.29, 0.717) is 17.5 Å². The third-order valence-electron chi connectivity index (χ3n) is 3.32. The Morgan fingerprint density at radius 3 is 2.90 bits per heavy atom. The lowest BCUT2D eigenvalue weighted by molar-refractivity contribution is 0.0602. The van der Waals surface area contributed by atoms with Crippen molar-refractivity contribution in [1.29, 1.82) is 0 Å². The number of esters is 1. The Labute approximate surface area is 126 Å². The molecule has 2 aromatic heterocycles. The molecule has 1 N–H and O–H groups in total. The van der Waals surface area contributed by atoms with Crippen LogP contribution in [-0.2, 0) is 11.2 Å². The smallest absolute Gasteiger partial charge is 0.340 e. The first-order chi connectivity index (χ1) is 10.2. The molecule has 0 aliphatic heterocycles. The zero-order valence-corrected chi connectivity index (χ0v) is 12.1. The van der Waals surface area contributed by atoms with Gasteiger partial charge in [0.05, 0.1) is 23.7 Å². The average molecular weight is 301 g/mol. The Kier molecular flexibility index (Phi) is 3.62. The van der Waals surface area contributed by atoms with Gasteiger partial charge in [-0.3, -0.25) is 4.98 Å². The van der Waals surface area contributed by atoms with E-state index in [4.69, 9.17) is 16.3 Å². The lowest BCUT2D eigenvalue weighted by Gasteiger charge is -2.02. The molecular formula is C16H13ClN2O2. The second kappa shape index (κ2) is 5.58. The van der Waals surface area contributed by atoms with Crippen molar-refractivity contribution >= 4 is 28.6 Å². The van der Waals surface area contributed by atoms with Crippen molar-refractivity contribution in [3.05, 3.63) is 64.4 Å². The Bertz CT molecular complexity index is 811. The van der Waals surface area contributed by atoms with Gasteiger partial charge in [0.15, 0.2) is 0 Å². The van der Waals surface area contributed by atoms with Gasteiger partial charge >= 0.3 is 5.97 Å². The van der Waals surface area contributed by atoms with E-state index in [1.54, 1.807) is 12.3 Å². The maximum absolute atomic E-state index is 11.8. The number of hydrogen-bond donors (Lipinski definition) is 1. The van der Waals surface area contributed by atoms with Crippen molar-refractivity contribution in [2.75, 3.05) is 7.11 Å². The van der Waals surface area contributed by atoms with E-state index in [0.717, 1.165) is 21.8 Å². The Morgan fingerprint density at radius 2 is 2.14 bits per heavy atom. The highest BCUT2D eigenvalue weighted by Gasteiger charge is 2.13. The summed E-state index contributed by atoms with van der Waals surface area (Å²) in [5.41, 5.74) is 3.87. The zero-order chi connectivity index (χ0) is 14.8.